The molecule has 0 fully saturated rings. The van der Waals surface area contributed by atoms with Gasteiger partial charge >= 0.3 is 0 Å². The summed E-state index contributed by atoms with van der Waals surface area (Å²) in [6.07, 6.45) is 0. The fourth-order valence-electron chi connectivity index (χ4n) is 3.87. The Morgan fingerprint density at radius 1 is 0.889 bits per heavy atom. The summed E-state index contributed by atoms with van der Waals surface area (Å²) >= 11 is 0. The molecular weight excluding hydrogens is 474 g/mol. The fraction of sp³-hybridized carbons (Fsp3) is 0.286. The molecule has 8 heteroatoms. The molecule has 3 rings (SSSR count). The molecule has 0 spiro atoms. The Morgan fingerprint density at radius 3 is 2.17 bits per heavy atom. The number of sulfonamides is 1. The first kappa shape index (κ1) is 26.9. The largest absolute Gasteiger partial charge is 0.355 e. The van der Waals surface area contributed by atoms with Gasteiger partial charge in [0.1, 0.15) is 12.6 Å². The van der Waals surface area contributed by atoms with E-state index in [2.05, 4.69) is 5.32 Å². The van der Waals surface area contributed by atoms with Crippen LogP contribution >= 0.6 is 0 Å². The van der Waals surface area contributed by atoms with Crippen molar-refractivity contribution in [1.82, 2.24) is 10.2 Å². The third kappa shape index (κ3) is 6.51. The van der Waals surface area contributed by atoms with Crippen molar-refractivity contribution in [2.45, 2.75) is 45.2 Å². The summed E-state index contributed by atoms with van der Waals surface area (Å²) in [7, 11) is -4.05. The summed E-state index contributed by atoms with van der Waals surface area (Å²) in [4.78, 5) is 28.0. The Morgan fingerprint density at radius 2 is 1.56 bits per heavy atom. The van der Waals surface area contributed by atoms with Crippen LogP contribution in [0.1, 0.15) is 30.5 Å². The molecule has 0 saturated carbocycles. The van der Waals surface area contributed by atoms with Gasteiger partial charge in [0.15, 0.2) is 0 Å². The van der Waals surface area contributed by atoms with Gasteiger partial charge in [-0.2, -0.15) is 0 Å². The highest BCUT2D eigenvalue weighted by molar-refractivity contribution is 7.92. The van der Waals surface area contributed by atoms with Crippen molar-refractivity contribution in [3.8, 4) is 0 Å². The highest BCUT2D eigenvalue weighted by atomic mass is 32.2. The Kier molecular flexibility index (Phi) is 8.88. The number of benzene rings is 3. The minimum Gasteiger partial charge on any atom is -0.355 e. The van der Waals surface area contributed by atoms with Crippen molar-refractivity contribution < 1.29 is 18.0 Å². The first-order chi connectivity index (χ1) is 17.1. The van der Waals surface area contributed by atoms with E-state index in [0.717, 1.165) is 21.0 Å². The van der Waals surface area contributed by atoms with Crippen LogP contribution < -0.4 is 9.62 Å². The van der Waals surface area contributed by atoms with Crippen molar-refractivity contribution >= 4 is 27.5 Å². The standard InChI is InChI=1S/C28H33N3O4S/c1-5-29-28(33)23(4)30(19-24-11-9-10-22(3)18-24)27(32)20-31(25-16-14-21(2)15-17-25)36(34,35)26-12-7-6-8-13-26/h6-18,23H,5,19-20H2,1-4H3,(H,29,33). The van der Waals surface area contributed by atoms with E-state index >= 15 is 0 Å². The van der Waals surface area contributed by atoms with Crippen molar-refractivity contribution in [3.63, 3.8) is 0 Å². The van der Waals surface area contributed by atoms with E-state index in [0.29, 0.717) is 12.2 Å². The smallest absolute Gasteiger partial charge is 0.264 e. The average Bonchev–Trinajstić information content (AvgIpc) is 2.86. The van der Waals surface area contributed by atoms with Crippen LogP contribution in [0.25, 0.3) is 0 Å². The van der Waals surface area contributed by atoms with Gasteiger partial charge in [0, 0.05) is 13.1 Å². The molecule has 0 heterocycles. The summed E-state index contributed by atoms with van der Waals surface area (Å²) in [6.45, 7) is 7.47. The molecule has 2 amide bonds. The van der Waals surface area contributed by atoms with Crippen molar-refractivity contribution in [2.24, 2.45) is 0 Å². The third-order valence-electron chi connectivity index (χ3n) is 5.89. The summed E-state index contributed by atoms with van der Waals surface area (Å²) in [6, 6.07) is 21.9. The van der Waals surface area contributed by atoms with Crippen molar-refractivity contribution in [3.05, 3.63) is 95.6 Å². The van der Waals surface area contributed by atoms with Crippen LogP contribution in [0.3, 0.4) is 0 Å². The van der Waals surface area contributed by atoms with Crippen LogP contribution in [-0.2, 0) is 26.2 Å². The number of rotatable bonds is 10. The summed E-state index contributed by atoms with van der Waals surface area (Å²) < 4.78 is 28.4. The highest BCUT2D eigenvalue weighted by Crippen LogP contribution is 2.25. The number of nitrogens with zero attached hydrogens (tertiary/aromatic N) is 2. The van der Waals surface area contributed by atoms with Gasteiger partial charge in [0.2, 0.25) is 11.8 Å². The number of carbonyl (C=O) groups is 2. The molecule has 1 unspecified atom stereocenters. The molecule has 0 aromatic heterocycles. The maximum atomic E-state index is 13.8. The van der Waals surface area contributed by atoms with Gasteiger partial charge in [-0.1, -0.05) is 65.7 Å². The van der Waals surface area contributed by atoms with Crippen LogP contribution in [0.4, 0.5) is 5.69 Å². The molecule has 7 nitrogen and oxygen atoms in total. The first-order valence-electron chi connectivity index (χ1n) is 11.9. The molecule has 190 valence electrons. The molecule has 0 saturated heterocycles. The Hall–Kier alpha value is -3.65. The van der Waals surface area contributed by atoms with Gasteiger partial charge in [-0.25, -0.2) is 8.42 Å². The number of hydrogen-bond acceptors (Lipinski definition) is 4. The van der Waals surface area contributed by atoms with E-state index in [4.69, 9.17) is 0 Å². The minimum absolute atomic E-state index is 0.0837. The lowest BCUT2D eigenvalue weighted by atomic mass is 10.1. The monoisotopic (exact) mass is 507 g/mol. The zero-order chi connectivity index (χ0) is 26.3. The molecule has 36 heavy (non-hydrogen) atoms. The lowest BCUT2D eigenvalue weighted by molar-refractivity contribution is -0.139. The lowest BCUT2D eigenvalue weighted by Crippen LogP contribution is -2.51. The van der Waals surface area contributed by atoms with Crippen molar-refractivity contribution in [2.75, 3.05) is 17.4 Å². The molecule has 0 aliphatic carbocycles. The minimum atomic E-state index is -4.05. The zero-order valence-electron chi connectivity index (χ0n) is 21.1. The van der Waals surface area contributed by atoms with Gasteiger partial charge in [-0.3, -0.25) is 13.9 Å². The summed E-state index contributed by atoms with van der Waals surface area (Å²) in [5.74, 6) is -0.776. The Bertz CT molecular complexity index is 1290. The molecule has 1 atom stereocenters. The first-order valence-corrected chi connectivity index (χ1v) is 13.3. The average molecular weight is 508 g/mol. The van der Waals surface area contributed by atoms with Crippen LogP contribution in [0.15, 0.2) is 83.8 Å². The molecular formula is C28H33N3O4S. The second kappa shape index (κ2) is 11.9. The van der Waals surface area contributed by atoms with Crippen LogP contribution in [0.5, 0.6) is 0 Å². The molecule has 0 aliphatic rings. The fourth-order valence-corrected chi connectivity index (χ4v) is 5.31. The number of likely N-dealkylation sites (N-methyl/N-ethyl adjacent to an activating group) is 1. The van der Waals surface area contributed by atoms with E-state index in [-0.39, 0.29) is 17.3 Å². The Labute approximate surface area is 213 Å². The van der Waals surface area contributed by atoms with Gasteiger partial charge < -0.3 is 10.2 Å². The zero-order valence-corrected chi connectivity index (χ0v) is 22.0. The van der Waals surface area contributed by atoms with E-state index in [9.17, 15) is 18.0 Å². The van der Waals surface area contributed by atoms with Crippen LogP contribution in [-0.4, -0.2) is 44.3 Å². The van der Waals surface area contributed by atoms with Crippen molar-refractivity contribution in [1.29, 1.82) is 0 Å². The Balaban J connectivity index is 2.01. The molecule has 3 aromatic carbocycles. The SMILES string of the molecule is CCNC(=O)C(C)N(Cc1cccc(C)c1)C(=O)CN(c1ccc(C)cc1)S(=O)(=O)c1ccccc1. The number of amides is 2. The quantitative estimate of drug-likeness (QED) is 0.449. The number of nitrogens with one attached hydrogen (secondary N) is 1. The third-order valence-corrected chi connectivity index (χ3v) is 7.67. The number of carbonyl (C=O) groups excluding carboxylic acids is 2. The molecule has 0 aliphatic heterocycles. The van der Waals surface area contributed by atoms with E-state index in [1.165, 1.54) is 17.0 Å². The van der Waals surface area contributed by atoms with Gasteiger partial charge in [0.05, 0.1) is 10.6 Å². The van der Waals surface area contributed by atoms with Gasteiger partial charge in [-0.05, 0) is 57.5 Å². The van der Waals surface area contributed by atoms with Crippen LogP contribution in [0, 0.1) is 13.8 Å². The molecule has 0 bridgehead atoms. The predicted molar refractivity (Wildman–Crippen MR) is 142 cm³/mol. The molecule has 1 N–H and O–H groups in total. The van der Waals surface area contributed by atoms with E-state index < -0.39 is 28.5 Å². The predicted octanol–water partition coefficient (Wildman–Crippen LogP) is 4.05. The molecule has 3 aromatic rings. The van der Waals surface area contributed by atoms with E-state index in [1.807, 2.05) is 45.0 Å². The number of anilines is 1. The molecule has 0 radical (unpaired) electrons. The number of hydrogen-bond donors (Lipinski definition) is 1. The van der Waals surface area contributed by atoms with Crippen LogP contribution in [0.2, 0.25) is 0 Å². The van der Waals surface area contributed by atoms with Gasteiger partial charge in [-0.15, -0.1) is 0 Å². The maximum absolute atomic E-state index is 13.8. The summed E-state index contributed by atoms with van der Waals surface area (Å²) in [5.41, 5.74) is 3.22. The maximum Gasteiger partial charge on any atom is 0.264 e. The number of aryl methyl sites for hydroxylation is 2. The normalized spacial score (nSPS) is 12.0. The second-order valence-electron chi connectivity index (χ2n) is 8.74. The summed E-state index contributed by atoms with van der Waals surface area (Å²) in [5, 5.41) is 2.76. The van der Waals surface area contributed by atoms with E-state index in [1.54, 1.807) is 49.4 Å². The second-order valence-corrected chi connectivity index (χ2v) is 10.6. The highest BCUT2D eigenvalue weighted by Gasteiger charge is 2.32. The van der Waals surface area contributed by atoms with Gasteiger partial charge in [0.25, 0.3) is 10.0 Å². The topological polar surface area (TPSA) is 86.8 Å². The lowest BCUT2D eigenvalue weighted by Gasteiger charge is -2.32.